The number of benzene rings is 1. The average Bonchev–Trinajstić information content (AvgIpc) is 2.33. The lowest BCUT2D eigenvalue weighted by molar-refractivity contribution is -0.120. The Morgan fingerprint density at radius 2 is 2.05 bits per heavy atom. The second-order valence-electron chi connectivity index (χ2n) is 6.22. The first-order chi connectivity index (χ1) is 9.35. The van der Waals surface area contributed by atoms with Gasteiger partial charge in [0.05, 0.1) is 0 Å². The minimum absolute atomic E-state index is 0.0672. The normalized spacial score (nSPS) is 19.9. The number of nitrogens with one attached hydrogen (secondary N) is 1. The monoisotopic (exact) mass is 272 g/mol. The number of rotatable bonds is 2. The molecule has 4 nitrogen and oxygen atoms in total. The molecule has 0 aliphatic heterocycles. The molecule has 0 aromatic heterocycles. The van der Waals surface area contributed by atoms with Gasteiger partial charge in [0.1, 0.15) is 5.78 Å². The van der Waals surface area contributed by atoms with E-state index in [1.165, 1.54) is 0 Å². The van der Waals surface area contributed by atoms with Crippen LogP contribution in [0, 0.1) is 12.3 Å². The zero-order chi connectivity index (χ0) is 14.8. The number of amides is 1. The highest BCUT2D eigenvalue weighted by atomic mass is 16.2. The number of carbonyl (C=O) groups is 2. The maximum Gasteiger partial charge on any atom is 0.271 e. The Labute approximate surface area is 119 Å². The Bertz CT molecular complexity index is 574. The fraction of sp³-hybridized carbons (Fsp3) is 0.438. The van der Waals surface area contributed by atoms with E-state index in [2.05, 4.69) is 10.5 Å². The molecule has 0 bridgehead atoms. The summed E-state index contributed by atoms with van der Waals surface area (Å²) in [5.74, 6) is -0.0539. The number of ketones is 1. The van der Waals surface area contributed by atoms with Gasteiger partial charge < -0.3 is 0 Å². The van der Waals surface area contributed by atoms with Gasteiger partial charge in [-0.1, -0.05) is 31.5 Å². The van der Waals surface area contributed by atoms with Crippen LogP contribution in [-0.4, -0.2) is 17.4 Å². The van der Waals surface area contributed by atoms with Crippen molar-refractivity contribution in [2.24, 2.45) is 10.5 Å². The van der Waals surface area contributed by atoms with E-state index in [0.717, 1.165) is 17.7 Å². The third-order valence-electron chi connectivity index (χ3n) is 3.36. The van der Waals surface area contributed by atoms with Crippen LogP contribution in [0.1, 0.15) is 49.0 Å². The third kappa shape index (κ3) is 3.76. The molecule has 1 aromatic rings. The van der Waals surface area contributed by atoms with E-state index in [4.69, 9.17) is 0 Å². The smallest absolute Gasteiger partial charge is 0.271 e. The van der Waals surface area contributed by atoms with Gasteiger partial charge in [0.25, 0.3) is 5.91 Å². The van der Waals surface area contributed by atoms with Gasteiger partial charge in [0.2, 0.25) is 0 Å². The molecule has 0 spiro atoms. The largest absolute Gasteiger partial charge is 0.299 e. The van der Waals surface area contributed by atoms with Crippen molar-refractivity contribution in [3.8, 4) is 0 Å². The highest BCUT2D eigenvalue weighted by molar-refractivity contribution is 6.05. The van der Waals surface area contributed by atoms with Crippen LogP contribution in [0.5, 0.6) is 0 Å². The van der Waals surface area contributed by atoms with Crippen LogP contribution in [0.2, 0.25) is 0 Å². The Morgan fingerprint density at radius 3 is 2.70 bits per heavy atom. The van der Waals surface area contributed by atoms with E-state index in [0.29, 0.717) is 18.4 Å². The lowest BCUT2D eigenvalue weighted by Gasteiger charge is -2.28. The molecule has 1 aliphatic rings. The van der Waals surface area contributed by atoms with Crippen molar-refractivity contribution in [3.05, 3.63) is 35.4 Å². The number of Topliss-reactive ketones (excluding diaryl/α,β-unsaturated/α-hetero) is 1. The van der Waals surface area contributed by atoms with Crippen LogP contribution in [0.4, 0.5) is 0 Å². The maximum absolute atomic E-state index is 12.0. The van der Waals surface area contributed by atoms with Crippen LogP contribution in [0.3, 0.4) is 0 Å². The molecule has 1 N–H and O–H groups in total. The molecule has 1 fully saturated rings. The predicted octanol–water partition coefficient (Wildman–Crippen LogP) is 2.86. The van der Waals surface area contributed by atoms with Crippen molar-refractivity contribution < 1.29 is 9.59 Å². The Hall–Kier alpha value is -1.97. The molecule has 0 radical (unpaired) electrons. The van der Waals surface area contributed by atoms with Gasteiger partial charge in [0.15, 0.2) is 0 Å². The van der Waals surface area contributed by atoms with Gasteiger partial charge in [-0.25, -0.2) is 5.43 Å². The zero-order valence-corrected chi connectivity index (χ0v) is 12.2. The van der Waals surface area contributed by atoms with Gasteiger partial charge in [0, 0.05) is 24.1 Å². The summed E-state index contributed by atoms with van der Waals surface area (Å²) >= 11 is 0. The summed E-state index contributed by atoms with van der Waals surface area (Å²) in [6.45, 7) is 6.02. The summed E-state index contributed by atoms with van der Waals surface area (Å²) in [5.41, 5.74) is 4.85. The van der Waals surface area contributed by atoms with E-state index in [9.17, 15) is 9.59 Å². The number of hydrogen-bond acceptors (Lipinski definition) is 3. The number of hydrazone groups is 1. The first-order valence-corrected chi connectivity index (χ1v) is 6.80. The van der Waals surface area contributed by atoms with Gasteiger partial charge in [-0.05, 0) is 30.9 Å². The highest BCUT2D eigenvalue weighted by Crippen LogP contribution is 2.31. The van der Waals surface area contributed by atoms with Crippen molar-refractivity contribution in [2.45, 2.75) is 40.0 Å². The first-order valence-electron chi connectivity index (χ1n) is 6.80. The van der Waals surface area contributed by atoms with Crippen molar-refractivity contribution in [2.75, 3.05) is 0 Å². The van der Waals surface area contributed by atoms with Crippen LogP contribution in [0.15, 0.2) is 29.4 Å². The summed E-state index contributed by atoms with van der Waals surface area (Å²) in [5, 5.41) is 4.13. The second kappa shape index (κ2) is 5.57. The summed E-state index contributed by atoms with van der Waals surface area (Å²) in [4.78, 5) is 23.6. The number of nitrogens with zero attached hydrogens (tertiary/aromatic N) is 1. The lowest BCUT2D eigenvalue weighted by atomic mass is 9.76. The van der Waals surface area contributed by atoms with Gasteiger partial charge >= 0.3 is 0 Å². The molecule has 4 heteroatoms. The minimum Gasteiger partial charge on any atom is -0.299 e. The quantitative estimate of drug-likeness (QED) is 0.842. The summed E-state index contributed by atoms with van der Waals surface area (Å²) in [7, 11) is 0. The molecule has 0 atom stereocenters. The number of aryl methyl sites for hydroxylation is 1. The Morgan fingerprint density at radius 1 is 1.30 bits per heavy atom. The molecule has 0 heterocycles. The van der Waals surface area contributed by atoms with E-state index < -0.39 is 0 Å². The summed E-state index contributed by atoms with van der Waals surface area (Å²) in [6, 6.07) is 7.33. The zero-order valence-electron chi connectivity index (χ0n) is 12.2. The average molecular weight is 272 g/mol. The molecule has 1 saturated carbocycles. The predicted molar refractivity (Wildman–Crippen MR) is 78.7 cm³/mol. The van der Waals surface area contributed by atoms with Crippen LogP contribution < -0.4 is 5.43 Å². The molecular formula is C16H20N2O2. The van der Waals surface area contributed by atoms with Gasteiger partial charge in [-0.15, -0.1) is 0 Å². The minimum atomic E-state index is -0.239. The Balaban J connectivity index is 2.05. The van der Waals surface area contributed by atoms with Crippen LogP contribution >= 0.6 is 0 Å². The molecule has 1 aromatic carbocycles. The van der Waals surface area contributed by atoms with Crippen molar-refractivity contribution in [1.29, 1.82) is 0 Å². The lowest BCUT2D eigenvalue weighted by Crippen LogP contribution is -2.31. The fourth-order valence-corrected chi connectivity index (χ4v) is 2.56. The topological polar surface area (TPSA) is 58.5 Å². The number of carbonyl (C=O) groups excluding carboxylic acids is 2. The molecule has 1 aliphatic carbocycles. The van der Waals surface area contributed by atoms with Crippen molar-refractivity contribution in [3.63, 3.8) is 0 Å². The van der Waals surface area contributed by atoms with E-state index in [1.807, 2.05) is 39.0 Å². The standard InChI is InChI=1S/C16H20N2O2/c1-11-5-4-6-12(7-11)15(20)18-17-13-8-14(19)10-16(2,3)9-13/h4-7H,8-10H2,1-3H3,(H,18,20). The second-order valence-corrected chi connectivity index (χ2v) is 6.22. The fourth-order valence-electron chi connectivity index (χ4n) is 2.56. The van der Waals surface area contributed by atoms with Gasteiger partial charge in [-0.3, -0.25) is 9.59 Å². The molecule has 20 heavy (non-hydrogen) atoms. The van der Waals surface area contributed by atoms with Crippen molar-refractivity contribution >= 4 is 17.4 Å². The Kier molecular flexibility index (Phi) is 4.02. The molecule has 106 valence electrons. The first kappa shape index (κ1) is 14.4. The summed E-state index contributed by atoms with van der Waals surface area (Å²) < 4.78 is 0. The van der Waals surface area contributed by atoms with E-state index in [1.54, 1.807) is 6.07 Å². The number of hydrogen-bond donors (Lipinski definition) is 1. The molecule has 2 rings (SSSR count). The van der Waals surface area contributed by atoms with E-state index in [-0.39, 0.29) is 17.1 Å². The molecule has 1 amide bonds. The highest BCUT2D eigenvalue weighted by Gasteiger charge is 2.30. The SMILES string of the molecule is Cc1cccc(C(=O)NN=C2CC(=O)CC(C)(C)C2)c1. The third-order valence-corrected chi connectivity index (χ3v) is 3.36. The molecule has 0 saturated heterocycles. The molecule has 0 unspecified atom stereocenters. The van der Waals surface area contributed by atoms with Crippen molar-refractivity contribution in [1.82, 2.24) is 5.43 Å². The van der Waals surface area contributed by atoms with E-state index >= 15 is 0 Å². The van der Waals surface area contributed by atoms with Crippen LogP contribution in [-0.2, 0) is 4.79 Å². The summed E-state index contributed by atoms with van der Waals surface area (Å²) in [6.07, 6.45) is 1.67. The van der Waals surface area contributed by atoms with Gasteiger partial charge in [-0.2, -0.15) is 5.10 Å². The van der Waals surface area contributed by atoms with Crippen LogP contribution in [0.25, 0.3) is 0 Å². The maximum atomic E-state index is 12.0. The molecular weight excluding hydrogens is 252 g/mol.